The Kier molecular flexibility index (Phi) is 23.7. The third-order valence-corrected chi connectivity index (χ3v) is 5.86. The van der Waals surface area contributed by atoms with Gasteiger partial charge in [-0.3, -0.25) is 4.79 Å². The van der Waals surface area contributed by atoms with E-state index in [1.807, 2.05) is 0 Å². The summed E-state index contributed by atoms with van der Waals surface area (Å²) in [6.07, 6.45) is 29.9. The lowest BCUT2D eigenvalue weighted by Gasteiger charge is -2.18. The zero-order valence-electron chi connectivity index (χ0n) is 22.1. The van der Waals surface area contributed by atoms with E-state index in [1.165, 1.54) is 57.8 Å². The van der Waals surface area contributed by atoms with E-state index in [0.29, 0.717) is 6.42 Å². The average Bonchev–Trinajstić information content (AvgIpc) is 2.77. The molecule has 0 fully saturated rings. The molecule has 0 aliphatic rings. The van der Waals surface area contributed by atoms with E-state index in [2.05, 4.69) is 57.1 Å². The van der Waals surface area contributed by atoms with Crippen molar-refractivity contribution in [3.05, 3.63) is 24.3 Å². The van der Waals surface area contributed by atoms with Crippen molar-refractivity contribution in [2.75, 3.05) is 20.6 Å². The number of hydrogen-bond acceptors (Lipinski definition) is 3. The van der Waals surface area contributed by atoms with Crippen LogP contribution in [-0.2, 0) is 9.53 Å². The summed E-state index contributed by atoms with van der Waals surface area (Å²) in [4.78, 5) is 14.5. The highest BCUT2D eigenvalue weighted by Gasteiger charge is 2.14. The van der Waals surface area contributed by atoms with Crippen molar-refractivity contribution in [3.63, 3.8) is 0 Å². The van der Waals surface area contributed by atoms with Crippen LogP contribution < -0.4 is 0 Å². The van der Waals surface area contributed by atoms with Gasteiger partial charge >= 0.3 is 5.97 Å². The summed E-state index contributed by atoms with van der Waals surface area (Å²) < 4.78 is 5.89. The van der Waals surface area contributed by atoms with Crippen LogP contribution in [0.3, 0.4) is 0 Å². The predicted octanol–water partition coefficient (Wildman–Crippen LogP) is 8.63. The third kappa shape index (κ3) is 23.6. The summed E-state index contributed by atoms with van der Waals surface area (Å²) in [5, 5.41) is 0. The smallest absolute Gasteiger partial charge is 0.306 e. The van der Waals surface area contributed by atoms with Crippen LogP contribution in [0.4, 0.5) is 0 Å². The summed E-state index contributed by atoms with van der Waals surface area (Å²) >= 11 is 0. The molecule has 0 bridgehead atoms. The molecule has 32 heavy (non-hydrogen) atoms. The summed E-state index contributed by atoms with van der Waals surface area (Å²) in [5.41, 5.74) is 0. The van der Waals surface area contributed by atoms with Gasteiger partial charge in [0.2, 0.25) is 0 Å². The fourth-order valence-electron chi connectivity index (χ4n) is 3.80. The lowest BCUT2D eigenvalue weighted by atomic mass is 10.0. The van der Waals surface area contributed by atoms with Gasteiger partial charge in [-0.1, -0.05) is 63.8 Å². The van der Waals surface area contributed by atoms with Gasteiger partial charge in [-0.05, 0) is 104 Å². The van der Waals surface area contributed by atoms with Crippen LogP contribution in [0.15, 0.2) is 24.3 Å². The molecule has 1 unspecified atom stereocenters. The molecule has 0 saturated carbocycles. The summed E-state index contributed by atoms with van der Waals surface area (Å²) in [5.74, 6) is -0.000293. The molecule has 0 aromatic carbocycles. The number of carbonyl (C=O) groups is 1. The molecular formula is C29H55NO2. The first kappa shape index (κ1) is 30.9. The molecule has 0 amide bonds. The van der Waals surface area contributed by atoms with Crippen molar-refractivity contribution in [2.45, 2.75) is 136 Å². The summed E-state index contributed by atoms with van der Waals surface area (Å²) in [6, 6.07) is 0. The Balaban J connectivity index is 4.18. The minimum Gasteiger partial charge on any atom is -0.462 e. The van der Waals surface area contributed by atoms with Crippen molar-refractivity contribution in [2.24, 2.45) is 0 Å². The molecule has 0 N–H and O–H groups in total. The SMILES string of the molecule is CCCCC/C=C/CCCCC(CCC/C=C/CCCCC)OC(=O)CCCCN(C)C. The van der Waals surface area contributed by atoms with Gasteiger partial charge in [0.15, 0.2) is 0 Å². The topological polar surface area (TPSA) is 29.5 Å². The van der Waals surface area contributed by atoms with Crippen molar-refractivity contribution in [3.8, 4) is 0 Å². The van der Waals surface area contributed by atoms with Gasteiger partial charge in [-0.15, -0.1) is 0 Å². The third-order valence-electron chi connectivity index (χ3n) is 5.86. The number of esters is 1. The number of rotatable bonds is 23. The standard InChI is InChI=1S/C29H55NO2/c1-5-7-9-11-13-15-17-19-21-25-28(24-20-18-16-14-12-10-8-6-2)32-29(31)26-22-23-27-30(3)4/h13-16,28H,5-12,17-27H2,1-4H3/b15-13+,16-14+. The highest BCUT2D eigenvalue weighted by Crippen LogP contribution is 2.16. The van der Waals surface area contributed by atoms with Crippen molar-refractivity contribution in [1.29, 1.82) is 0 Å². The van der Waals surface area contributed by atoms with Gasteiger partial charge in [0.05, 0.1) is 0 Å². The quantitative estimate of drug-likeness (QED) is 0.0888. The van der Waals surface area contributed by atoms with Crippen LogP contribution in [0, 0.1) is 0 Å². The van der Waals surface area contributed by atoms with Gasteiger partial charge in [0, 0.05) is 6.42 Å². The van der Waals surface area contributed by atoms with Gasteiger partial charge in [-0.2, -0.15) is 0 Å². The van der Waals surface area contributed by atoms with E-state index in [1.54, 1.807) is 0 Å². The number of nitrogens with zero attached hydrogens (tertiary/aromatic N) is 1. The molecule has 3 nitrogen and oxygen atoms in total. The first-order valence-corrected chi connectivity index (χ1v) is 13.7. The van der Waals surface area contributed by atoms with E-state index in [-0.39, 0.29) is 12.1 Å². The Morgan fingerprint density at radius 2 is 1.19 bits per heavy atom. The van der Waals surface area contributed by atoms with E-state index in [9.17, 15) is 4.79 Å². The van der Waals surface area contributed by atoms with Crippen LogP contribution in [0.1, 0.15) is 129 Å². The first-order chi connectivity index (χ1) is 15.6. The van der Waals surface area contributed by atoms with Crippen LogP contribution in [-0.4, -0.2) is 37.6 Å². The maximum atomic E-state index is 12.3. The predicted molar refractivity (Wildman–Crippen MR) is 141 cm³/mol. The second-order valence-electron chi connectivity index (χ2n) is 9.52. The number of ether oxygens (including phenoxy) is 1. The Morgan fingerprint density at radius 1 is 0.688 bits per heavy atom. The molecule has 0 aliphatic heterocycles. The normalized spacial score (nSPS) is 12.9. The van der Waals surface area contributed by atoms with Crippen LogP contribution in [0.25, 0.3) is 0 Å². The van der Waals surface area contributed by atoms with Crippen molar-refractivity contribution >= 4 is 5.97 Å². The van der Waals surface area contributed by atoms with Crippen molar-refractivity contribution < 1.29 is 9.53 Å². The fraction of sp³-hybridized carbons (Fsp3) is 0.828. The molecule has 0 saturated heterocycles. The molecule has 3 heteroatoms. The van der Waals surface area contributed by atoms with E-state index in [4.69, 9.17) is 4.74 Å². The van der Waals surface area contributed by atoms with E-state index < -0.39 is 0 Å². The fourth-order valence-corrected chi connectivity index (χ4v) is 3.80. The Morgan fingerprint density at radius 3 is 1.72 bits per heavy atom. The maximum Gasteiger partial charge on any atom is 0.306 e. The first-order valence-electron chi connectivity index (χ1n) is 13.7. The second-order valence-corrected chi connectivity index (χ2v) is 9.52. The Hall–Kier alpha value is -1.09. The molecule has 0 radical (unpaired) electrons. The molecule has 0 heterocycles. The number of carbonyl (C=O) groups excluding carboxylic acids is 1. The van der Waals surface area contributed by atoms with Gasteiger partial charge in [0.1, 0.15) is 6.10 Å². The molecular weight excluding hydrogens is 394 g/mol. The minimum atomic E-state index is -0.000293. The maximum absolute atomic E-state index is 12.3. The highest BCUT2D eigenvalue weighted by atomic mass is 16.5. The van der Waals surface area contributed by atoms with Gasteiger partial charge < -0.3 is 9.64 Å². The van der Waals surface area contributed by atoms with E-state index in [0.717, 1.165) is 57.9 Å². The monoisotopic (exact) mass is 449 g/mol. The average molecular weight is 450 g/mol. The second kappa shape index (κ2) is 24.6. The Labute approximate surface area is 201 Å². The number of allylic oxidation sites excluding steroid dienone is 4. The molecule has 0 aromatic heterocycles. The lowest BCUT2D eigenvalue weighted by molar-refractivity contribution is -0.150. The molecule has 0 rings (SSSR count). The number of unbranched alkanes of at least 4 members (excludes halogenated alkanes) is 10. The number of hydrogen-bond donors (Lipinski definition) is 0. The molecule has 0 aromatic rings. The van der Waals surface area contributed by atoms with Crippen molar-refractivity contribution in [1.82, 2.24) is 4.90 Å². The van der Waals surface area contributed by atoms with Gasteiger partial charge in [0.25, 0.3) is 0 Å². The minimum absolute atomic E-state index is 0.000293. The van der Waals surface area contributed by atoms with E-state index >= 15 is 0 Å². The van der Waals surface area contributed by atoms with Gasteiger partial charge in [-0.25, -0.2) is 0 Å². The molecule has 0 spiro atoms. The molecule has 1 atom stereocenters. The zero-order valence-corrected chi connectivity index (χ0v) is 22.1. The summed E-state index contributed by atoms with van der Waals surface area (Å²) in [6.45, 7) is 5.53. The molecule has 188 valence electrons. The summed E-state index contributed by atoms with van der Waals surface area (Å²) in [7, 11) is 4.15. The van der Waals surface area contributed by atoms with Crippen LogP contribution >= 0.6 is 0 Å². The zero-order chi connectivity index (χ0) is 23.7. The molecule has 0 aliphatic carbocycles. The highest BCUT2D eigenvalue weighted by molar-refractivity contribution is 5.69. The lowest BCUT2D eigenvalue weighted by Crippen LogP contribution is -2.19. The largest absolute Gasteiger partial charge is 0.462 e. The van der Waals surface area contributed by atoms with Crippen LogP contribution in [0.2, 0.25) is 0 Å². The van der Waals surface area contributed by atoms with Crippen LogP contribution in [0.5, 0.6) is 0 Å². The Bertz CT molecular complexity index is 456.